The second kappa shape index (κ2) is 5.92. The molecule has 2 heterocycles. The van der Waals surface area contributed by atoms with Crippen LogP contribution in [0.25, 0.3) is 0 Å². The average molecular weight is 343 g/mol. The van der Waals surface area contributed by atoms with Crippen LogP contribution >= 0.6 is 15.9 Å². The highest BCUT2D eigenvalue weighted by Crippen LogP contribution is 2.41. The van der Waals surface area contributed by atoms with E-state index in [1.807, 2.05) is 19.1 Å². The van der Waals surface area contributed by atoms with Gasteiger partial charge in [0, 0.05) is 16.8 Å². The summed E-state index contributed by atoms with van der Waals surface area (Å²) in [5.74, 6) is 1.58. The molecule has 1 saturated heterocycles. The quantitative estimate of drug-likeness (QED) is 0.897. The molecule has 0 bridgehead atoms. The summed E-state index contributed by atoms with van der Waals surface area (Å²) < 4.78 is 17.7. The van der Waals surface area contributed by atoms with Gasteiger partial charge in [-0.05, 0) is 31.0 Å². The van der Waals surface area contributed by atoms with Crippen LogP contribution in [0.5, 0.6) is 11.5 Å². The molecule has 0 radical (unpaired) electrons. The standard InChI is InChI=1S/C15H19BrO4/c1-9-5-10(8-20-9)15(17)11-6-13-14(7-12(11)16)19-4-2-3-18-13/h6-7,9-10,15,17H,2-5,8H2,1H3. The lowest BCUT2D eigenvalue weighted by molar-refractivity contribution is 0.0798. The molecule has 0 aliphatic carbocycles. The Morgan fingerprint density at radius 3 is 2.60 bits per heavy atom. The predicted octanol–water partition coefficient (Wildman–Crippen LogP) is 3.07. The Balaban J connectivity index is 1.87. The van der Waals surface area contributed by atoms with Gasteiger partial charge in [0.15, 0.2) is 11.5 Å². The second-order valence-electron chi connectivity index (χ2n) is 5.46. The largest absolute Gasteiger partial charge is 0.490 e. The van der Waals surface area contributed by atoms with Crippen molar-refractivity contribution in [3.63, 3.8) is 0 Å². The Labute approximate surface area is 127 Å². The lowest BCUT2D eigenvalue weighted by Crippen LogP contribution is -2.13. The third-order valence-electron chi connectivity index (χ3n) is 3.86. The molecule has 2 aliphatic heterocycles. The summed E-state index contributed by atoms with van der Waals surface area (Å²) in [5.41, 5.74) is 0.844. The molecular weight excluding hydrogens is 324 g/mol. The fourth-order valence-corrected chi connectivity index (χ4v) is 3.31. The van der Waals surface area contributed by atoms with Crippen LogP contribution in [0.15, 0.2) is 16.6 Å². The predicted molar refractivity (Wildman–Crippen MR) is 78.2 cm³/mol. The maximum atomic E-state index is 10.6. The SMILES string of the molecule is CC1CC(C(O)c2cc3c(cc2Br)OCCCO3)CO1. The first-order valence-corrected chi connectivity index (χ1v) is 7.83. The Kier molecular flexibility index (Phi) is 4.19. The molecule has 0 amide bonds. The van der Waals surface area contributed by atoms with E-state index in [4.69, 9.17) is 14.2 Å². The van der Waals surface area contributed by atoms with Gasteiger partial charge in [0.2, 0.25) is 0 Å². The second-order valence-corrected chi connectivity index (χ2v) is 6.31. The Hall–Kier alpha value is -0.780. The Morgan fingerprint density at radius 1 is 1.25 bits per heavy atom. The van der Waals surface area contributed by atoms with Crippen LogP contribution in [0.2, 0.25) is 0 Å². The molecule has 2 aliphatic rings. The van der Waals surface area contributed by atoms with Gasteiger partial charge >= 0.3 is 0 Å². The molecule has 1 N–H and O–H groups in total. The summed E-state index contributed by atoms with van der Waals surface area (Å²) in [7, 11) is 0. The van der Waals surface area contributed by atoms with Crippen molar-refractivity contribution in [2.75, 3.05) is 19.8 Å². The number of aliphatic hydroxyl groups is 1. The Bertz CT molecular complexity index is 491. The van der Waals surface area contributed by atoms with Crippen molar-refractivity contribution in [3.8, 4) is 11.5 Å². The average Bonchev–Trinajstić information content (AvgIpc) is 2.73. The zero-order valence-corrected chi connectivity index (χ0v) is 13.1. The summed E-state index contributed by atoms with van der Waals surface area (Å²) >= 11 is 3.53. The number of aliphatic hydroxyl groups excluding tert-OH is 1. The number of fused-ring (bicyclic) bond motifs is 1. The van der Waals surface area contributed by atoms with Crippen molar-refractivity contribution in [3.05, 3.63) is 22.2 Å². The van der Waals surface area contributed by atoms with Crippen molar-refractivity contribution in [1.29, 1.82) is 0 Å². The van der Waals surface area contributed by atoms with Gasteiger partial charge < -0.3 is 19.3 Å². The van der Waals surface area contributed by atoms with Crippen molar-refractivity contribution < 1.29 is 19.3 Å². The van der Waals surface area contributed by atoms with Gasteiger partial charge in [0.1, 0.15) is 0 Å². The normalized spacial score (nSPS) is 27.1. The summed E-state index contributed by atoms with van der Waals surface area (Å²) in [6.07, 6.45) is 1.42. The van der Waals surface area contributed by atoms with Gasteiger partial charge in [-0.2, -0.15) is 0 Å². The minimum atomic E-state index is -0.550. The van der Waals surface area contributed by atoms with E-state index in [0.717, 1.165) is 28.6 Å². The molecule has 3 unspecified atom stereocenters. The van der Waals surface area contributed by atoms with Gasteiger partial charge in [-0.25, -0.2) is 0 Å². The molecule has 1 aromatic carbocycles. The summed E-state index contributed by atoms with van der Waals surface area (Å²) in [6.45, 7) is 3.95. The highest BCUT2D eigenvalue weighted by molar-refractivity contribution is 9.10. The molecule has 1 fully saturated rings. The molecule has 3 rings (SSSR count). The van der Waals surface area contributed by atoms with Crippen LogP contribution in [0.1, 0.15) is 31.4 Å². The first-order chi connectivity index (χ1) is 9.65. The molecule has 4 nitrogen and oxygen atoms in total. The fourth-order valence-electron chi connectivity index (χ4n) is 2.75. The molecule has 3 atom stereocenters. The van der Waals surface area contributed by atoms with E-state index in [1.54, 1.807) is 0 Å². The monoisotopic (exact) mass is 342 g/mol. The summed E-state index contributed by atoms with van der Waals surface area (Å²) in [6, 6.07) is 3.77. The fraction of sp³-hybridized carbons (Fsp3) is 0.600. The van der Waals surface area contributed by atoms with Gasteiger partial charge in [-0.1, -0.05) is 15.9 Å². The third-order valence-corrected chi connectivity index (χ3v) is 4.55. The number of rotatable bonds is 2. The van der Waals surface area contributed by atoms with Gasteiger partial charge in [0.05, 0.1) is 32.0 Å². The van der Waals surface area contributed by atoms with Crippen LogP contribution in [-0.4, -0.2) is 31.0 Å². The molecule has 1 aromatic rings. The molecule has 0 saturated carbocycles. The molecule has 5 heteroatoms. The van der Waals surface area contributed by atoms with Crippen molar-refractivity contribution >= 4 is 15.9 Å². The molecule has 0 aromatic heterocycles. The topological polar surface area (TPSA) is 47.9 Å². The van der Waals surface area contributed by atoms with E-state index >= 15 is 0 Å². The van der Waals surface area contributed by atoms with Crippen molar-refractivity contribution in [2.24, 2.45) is 5.92 Å². The van der Waals surface area contributed by atoms with Crippen LogP contribution in [0, 0.1) is 5.92 Å². The number of benzene rings is 1. The molecule has 20 heavy (non-hydrogen) atoms. The zero-order valence-electron chi connectivity index (χ0n) is 11.5. The molecular formula is C15H19BrO4. The van der Waals surface area contributed by atoms with Crippen molar-refractivity contribution in [2.45, 2.75) is 32.0 Å². The van der Waals surface area contributed by atoms with Crippen LogP contribution in [0.4, 0.5) is 0 Å². The highest BCUT2D eigenvalue weighted by Gasteiger charge is 2.31. The maximum absolute atomic E-state index is 10.6. The smallest absolute Gasteiger partial charge is 0.162 e. The van der Waals surface area contributed by atoms with Crippen molar-refractivity contribution in [1.82, 2.24) is 0 Å². The van der Waals surface area contributed by atoms with E-state index in [1.165, 1.54) is 0 Å². The molecule has 0 spiro atoms. The van der Waals surface area contributed by atoms with E-state index in [9.17, 15) is 5.11 Å². The first-order valence-electron chi connectivity index (χ1n) is 7.04. The Morgan fingerprint density at radius 2 is 1.95 bits per heavy atom. The summed E-state index contributed by atoms with van der Waals surface area (Å²) in [4.78, 5) is 0. The molecule has 110 valence electrons. The minimum Gasteiger partial charge on any atom is -0.490 e. The van der Waals surface area contributed by atoms with Gasteiger partial charge in [0.25, 0.3) is 0 Å². The lowest BCUT2D eigenvalue weighted by atomic mass is 9.93. The van der Waals surface area contributed by atoms with Gasteiger partial charge in [-0.3, -0.25) is 0 Å². The first kappa shape index (κ1) is 14.2. The van der Waals surface area contributed by atoms with E-state index < -0.39 is 6.10 Å². The van der Waals surface area contributed by atoms with Gasteiger partial charge in [-0.15, -0.1) is 0 Å². The highest BCUT2D eigenvalue weighted by atomic mass is 79.9. The van der Waals surface area contributed by atoms with Crippen LogP contribution in [-0.2, 0) is 4.74 Å². The van der Waals surface area contributed by atoms with E-state index in [-0.39, 0.29) is 12.0 Å². The summed E-state index contributed by atoms with van der Waals surface area (Å²) in [5, 5.41) is 10.6. The zero-order chi connectivity index (χ0) is 14.1. The van der Waals surface area contributed by atoms with Crippen LogP contribution < -0.4 is 9.47 Å². The number of hydrogen-bond acceptors (Lipinski definition) is 4. The number of ether oxygens (including phenoxy) is 3. The van der Waals surface area contributed by atoms with Crippen LogP contribution in [0.3, 0.4) is 0 Å². The van der Waals surface area contributed by atoms with E-state index in [0.29, 0.717) is 25.6 Å². The lowest BCUT2D eigenvalue weighted by Gasteiger charge is -2.20. The minimum absolute atomic E-state index is 0.131. The number of hydrogen-bond donors (Lipinski definition) is 1. The number of halogens is 1. The maximum Gasteiger partial charge on any atom is 0.162 e. The van der Waals surface area contributed by atoms with E-state index in [2.05, 4.69) is 15.9 Å². The third kappa shape index (κ3) is 2.80.